The zero-order valence-electron chi connectivity index (χ0n) is 28.3. The lowest BCUT2D eigenvalue weighted by Gasteiger charge is -2.40. The molecule has 2 aromatic carbocycles. The molecule has 13 heteroatoms. The molecule has 0 unspecified atom stereocenters. The summed E-state index contributed by atoms with van der Waals surface area (Å²) in [5.74, 6) is -0.344. The molecule has 4 aromatic rings. The number of ether oxygens (including phenoxy) is 2. The van der Waals surface area contributed by atoms with Crippen molar-refractivity contribution >= 4 is 27.5 Å². The predicted molar refractivity (Wildman–Crippen MR) is 180 cm³/mol. The van der Waals surface area contributed by atoms with Crippen molar-refractivity contribution in [2.45, 2.75) is 83.3 Å². The van der Waals surface area contributed by atoms with Gasteiger partial charge in [0.05, 0.1) is 23.8 Å². The van der Waals surface area contributed by atoms with E-state index in [4.69, 9.17) is 19.7 Å². The Labute approximate surface area is 287 Å². The van der Waals surface area contributed by atoms with E-state index in [1.807, 2.05) is 12.1 Å². The number of aryl methyl sites for hydroxylation is 2. The molecule has 1 saturated carbocycles. The molecule has 3 aliphatic heterocycles. The topological polar surface area (TPSA) is 75.6 Å². The second-order valence-corrected chi connectivity index (χ2v) is 14.5. The highest BCUT2D eigenvalue weighted by atomic mass is 19.4. The Morgan fingerprint density at radius 1 is 1.00 bits per heavy atom. The molecule has 2 saturated heterocycles. The average Bonchev–Trinajstić information content (AvgIpc) is 3.89. The van der Waals surface area contributed by atoms with Crippen LogP contribution in [-0.4, -0.2) is 83.7 Å². The van der Waals surface area contributed by atoms with E-state index < -0.39 is 18.3 Å². The van der Waals surface area contributed by atoms with E-state index in [1.165, 1.54) is 6.07 Å². The summed E-state index contributed by atoms with van der Waals surface area (Å²) >= 11 is 0. The van der Waals surface area contributed by atoms with E-state index in [1.54, 1.807) is 19.1 Å². The molecule has 266 valence electrons. The van der Waals surface area contributed by atoms with Crippen molar-refractivity contribution in [2.24, 2.45) is 5.41 Å². The van der Waals surface area contributed by atoms with Crippen molar-refractivity contribution in [3.63, 3.8) is 0 Å². The minimum absolute atomic E-state index is 0.0884. The van der Waals surface area contributed by atoms with Gasteiger partial charge >= 0.3 is 12.4 Å². The molecule has 1 aliphatic carbocycles. The fourth-order valence-electron chi connectivity index (χ4n) is 8.12. The van der Waals surface area contributed by atoms with Crippen LogP contribution < -0.4 is 15.0 Å². The first-order valence-electron chi connectivity index (χ1n) is 17.7. The minimum atomic E-state index is -4.62. The Hall–Kier alpha value is -3.68. The zero-order chi connectivity index (χ0) is 34.8. The molecule has 8 rings (SSSR count). The standard InChI is InChI=1S/C37H41F5N6O2/c1-3-23-18-48-24(17-43-23)8-10-28-30-33(31(39)32(44-28)26-6-4-5-22-7-9-27(38)21(2)29(22)26)45-35(46-34(30)48)49-20-36(13-14-36)19-47-15-11-25(12-16-47)50-37(40,41)42/h4-7,9,23-25,43H,3,8,10-20H2,1-2H3/t23-,24-/m1/s1. The molecule has 1 N–H and O–H groups in total. The summed E-state index contributed by atoms with van der Waals surface area (Å²) in [6, 6.07) is 9.07. The third-order valence-corrected chi connectivity index (χ3v) is 11.2. The summed E-state index contributed by atoms with van der Waals surface area (Å²) in [6.07, 6.45) is -0.659. The predicted octanol–water partition coefficient (Wildman–Crippen LogP) is 7.09. The first-order chi connectivity index (χ1) is 24.0. The number of anilines is 1. The van der Waals surface area contributed by atoms with Crippen LogP contribution >= 0.6 is 0 Å². The number of nitrogens with one attached hydrogen (secondary N) is 1. The fourth-order valence-corrected chi connectivity index (χ4v) is 8.12. The van der Waals surface area contributed by atoms with Gasteiger partial charge < -0.3 is 19.9 Å². The lowest BCUT2D eigenvalue weighted by Crippen LogP contribution is -2.56. The molecule has 4 aliphatic rings. The van der Waals surface area contributed by atoms with Crippen molar-refractivity contribution in [3.8, 4) is 17.3 Å². The number of aromatic nitrogens is 3. The minimum Gasteiger partial charge on any atom is -0.463 e. The van der Waals surface area contributed by atoms with Gasteiger partial charge in [-0.15, -0.1) is 13.2 Å². The van der Waals surface area contributed by atoms with Gasteiger partial charge in [0.1, 0.15) is 22.8 Å². The highest BCUT2D eigenvalue weighted by Gasteiger charge is 2.46. The van der Waals surface area contributed by atoms with E-state index in [2.05, 4.69) is 26.8 Å². The zero-order valence-corrected chi connectivity index (χ0v) is 28.3. The Balaban J connectivity index is 1.15. The van der Waals surface area contributed by atoms with Gasteiger partial charge in [-0.05, 0) is 74.3 Å². The first kappa shape index (κ1) is 33.5. The van der Waals surface area contributed by atoms with Crippen LogP contribution in [0.25, 0.3) is 32.9 Å². The van der Waals surface area contributed by atoms with Crippen molar-refractivity contribution in [3.05, 3.63) is 53.2 Å². The number of benzene rings is 2. The maximum Gasteiger partial charge on any atom is 0.522 e. The van der Waals surface area contributed by atoms with E-state index in [-0.39, 0.29) is 40.5 Å². The van der Waals surface area contributed by atoms with Gasteiger partial charge in [0.15, 0.2) is 5.82 Å². The molecule has 3 fully saturated rings. The summed E-state index contributed by atoms with van der Waals surface area (Å²) in [4.78, 5) is 19.1. The lowest BCUT2D eigenvalue weighted by atomic mass is 9.96. The number of hydrogen-bond donors (Lipinski definition) is 1. The first-order valence-corrected chi connectivity index (χ1v) is 17.7. The molecule has 5 heterocycles. The highest BCUT2D eigenvalue weighted by molar-refractivity contribution is 6.01. The van der Waals surface area contributed by atoms with Crippen LogP contribution in [0.1, 0.15) is 56.7 Å². The third-order valence-electron chi connectivity index (χ3n) is 11.2. The molecule has 2 aromatic heterocycles. The van der Waals surface area contributed by atoms with Gasteiger partial charge in [0.25, 0.3) is 0 Å². The second kappa shape index (κ2) is 12.8. The Morgan fingerprint density at radius 3 is 2.54 bits per heavy atom. The molecular formula is C37H41F5N6O2. The number of piperazine rings is 1. The number of pyridine rings is 1. The van der Waals surface area contributed by atoms with Crippen LogP contribution in [0.2, 0.25) is 0 Å². The number of nitrogens with zero attached hydrogens (tertiary/aromatic N) is 5. The van der Waals surface area contributed by atoms with Crippen LogP contribution in [0.5, 0.6) is 6.01 Å². The SMILES string of the molecule is CC[C@@H]1CN2c3nc(OCC4(CN5CCC(OC(F)(F)F)CC5)CC4)nc4c(F)c(-c5cccc6ccc(F)c(C)c56)nc(c34)CC[C@@H]2CN1. The average molecular weight is 697 g/mol. The maximum absolute atomic E-state index is 17.0. The van der Waals surface area contributed by atoms with Gasteiger partial charge in [0, 0.05) is 55.8 Å². The van der Waals surface area contributed by atoms with Crippen molar-refractivity contribution in [1.29, 1.82) is 0 Å². The molecule has 0 radical (unpaired) electrons. The van der Waals surface area contributed by atoms with E-state index in [0.717, 1.165) is 37.6 Å². The molecule has 8 nitrogen and oxygen atoms in total. The van der Waals surface area contributed by atoms with Crippen LogP contribution in [0, 0.1) is 24.0 Å². The summed E-state index contributed by atoms with van der Waals surface area (Å²) in [7, 11) is 0. The molecule has 0 spiro atoms. The number of hydrogen-bond acceptors (Lipinski definition) is 8. The summed E-state index contributed by atoms with van der Waals surface area (Å²) in [5, 5.41) is 5.64. The Bertz CT molecular complexity index is 1930. The Kier molecular flexibility index (Phi) is 8.58. The summed E-state index contributed by atoms with van der Waals surface area (Å²) in [6.45, 7) is 7.34. The van der Waals surface area contributed by atoms with Gasteiger partial charge in [-0.1, -0.05) is 31.2 Å². The highest BCUT2D eigenvalue weighted by Crippen LogP contribution is 2.47. The number of piperidine rings is 1. The largest absolute Gasteiger partial charge is 0.522 e. The van der Waals surface area contributed by atoms with Crippen LogP contribution in [-0.2, 0) is 11.2 Å². The summed E-state index contributed by atoms with van der Waals surface area (Å²) in [5.41, 5.74) is 1.74. The van der Waals surface area contributed by atoms with Crippen LogP contribution in [0.3, 0.4) is 0 Å². The Morgan fingerprint density at radius 2 is 1.80 bits per heavy atom. The number of halogens is 5. The third kappa shape index (κ3) is 6.36. The van der Waals surface area contributed by atoms with Gasteiger partial charge in [-0.3, -0.25) is 4.74 Å². The fraction of sp³-hybridized carbons (Fsp3) is 0.541. The van der Waals surface area contributed by atoms with Crippen LogP contribution in [0.4, 0.5) is 27.8 Å². The van der Waals surface area contributed by atoms with Crippen LogP contribution in [0.15, 0.2) is 30.3 Å². The molecule has 0 bridgehead atoms. The van der Waals surface area contributed by atoms with Gasteiger partial charge in [0.2, 0.25) is 0 Å². The summed E-state index contributed by atoms with van der Waals surface area (Å²) < 4.78 is 80.7. The van der Waals surface area contributed by atoms with E-state index >= 15 is 4.39 Å². The molecule has 50 heavy (non-hydrogen) atoms. The van der Waals surface area contributed by atoms with E-state index in [0.29, 0.717) is 85.5 Å². The second-order valence-electron chi connectivity index (χ2n) is 14.5. The molecular weight excluding hydrogens is 655 g/mol. The quantitative estimate of drug-likeness (QED) is 0.196. The van der Waals surface area contributed by atoms with Gasteiger partial charge in [-0.25, -0.2) is 13.8 Å². The van der Waals surface area contributed by atoms with Crippen molar-refractivity contribution < 1.29 is 31.4 Å². The molecule has 2 atom stereocenters. The van der Waals surface area contributed by atoms with Crippen molar-refractivity contribution in [2.75, 3.05) is 44.2 Å². The number of fused-ring (bicyclic) bond motifs is 3. The van der Waals surface area contributed by atoms with Crippen molar-refractivity contribution in [1.82, 2.24) is 25.2 Å². The van der Waals surface area contributed by atoms with Gasteiger partial charge in [-0.2, -0.15) is 9.97 Å². The normalized spacial score (nSPS) is 22.5. The molecule has 0 amide bonds. The smallest absolute Gasteiger partial charge is 0.463 e. The van der Waals surface area contributed by atoms with E-state index in [9.17, 15) is 17.6 Å². The maximum atomic E-state index is 17.0. The monoisotopic (exact) mass is 696 g/mol. The number of alkyl halides is 3. The lowest BCUT2D eigenvalue weighted by molar-refractivity contribution is -0.345. The number of rotatable bonds is 8. The number of likely N-dealkylation sites (tertiary alicyclic amines) is 1.